The molecule has 1 N–H and O–H groups in total. The molecule has 2 heterocycles. The van der Waals surface area contributed by atoms with Gasteiger partial charge in [0.25, 0.3) is 0 Å². The first kappa shape index (κ1) is 12.4. The fraction of sp³-hybridized carbons (Fsp3) is 0.214. The van der Waals surface area contributed by atoms with Crippen molar-refractivity contribution in [2.75, 3.05) is 11.4 Å². The van der Waals surface area contributed by atoms with Gasteiger partial charge in [0.15, 0.2) is 5.82 Å². The molecule has 0 spiro atoms. The molecule has 0 atom stereocenters. The molecule has 2 aromatic rings. The maximum atomic E-state index is 11.8. The van der Waals surface area contributed by atoms with Crippen LogP contribution in [0.4, 0.5) is 10.6 Å². The highest BCUT2D eigenvalue weighted by molar-refractivity contribution is 6.05. The lowest BCUT2D eigenvalue weighted by Gasteiger charge is -2.24. The summed E-state index contributed by atoms with van der Waals surface area (Å²) < 4.78 is 1.73. The van der Waals surface area contributed by atoms with Crippen LogP contribution >= 0.6 is 0 Å². The van der Waals surface area contributed by atoms with Gasteiger partial charge in [0.1, 0.15) is 0 Å². The van der Waals surface area contributed by atoms with E-state index in [1.807, 2.05) is 43.4 Å². The second kappa shape index (κ2) is 4.80. The van der Waals surface area contributed by atoms with Crippen molar-refractivity contribution in [3.8, 4) is 11.3 Å². The fourth-order valence-electron chi connectivity index (χ4n) is 2.25. The van der Waals surface area contributed by atoms with E-state index >= 15 is 0 Å². The van der Waals surface area contributed by atoms with Gasteiger partial charge in [-0.15, -0.1) is 0 Å². The normalized spacial score (nSPS) is 15.3. The van der Waals surface area contributed by atoms with Crippen molar-refractivity contribution in [2.24, 2.45) is 7.05 Å². The van der Waals surface area contributed by atoms with Crippen LogP contribution < -0.4 is 10.2 Å². The van der Waals surface area contributed by atoms with Gasteiger partial charge in [-0.25, -0.2) is 4.79 Å². The first-order valence-electron chi connectivity index (χ1n) is 6.36. The molecule has 20 heavy (non-hydrogen) atoms. The van der Waals surface area contributed by atoms with E-state index in [0.717, 1.165) is 11.3 Å². The van der Waals surface area contributed by atoms with Gasteiger partial charge in [0, 0.05) is 26.1 Å². The van der Waals surface area contributed by atoms with E-state index in [2.05, 4.69) is 10.4 Å². The van der Waals surface area contributed by atoms with Gasteiger partial charge < -0.3 is 0 Å². The van der Waals surface area contributed by atoms with Crippen molar-refractivity contribution in [1.82, 2.24) is 15.1 Å². The lowest BCUT2D eigenvalue weighted by atomic mass is 10.1. The minimum Gasteiger partial charge on any atom is -0.278 e. The summed E-state index contributed by atoms with van der Waals surface area (Å²) in [4.78, 5) is 24.4. The van der Waals surface area contributed by atoms with Crippen LogP contribution in [0.1, 0.15) is 6.42 Å². The van der Waals surface area contributed by atoms with Gasteiger partial charge in [0.2, 0.25) is 5.91 Å². The molecule has 1 aromatic heterocycles. The van der Waals surface area contributed by atoms with Crippen LogP contribution in [0, 0.1) is 0 Å². The van der Waals surface area contributed by atoms with E-state index in [4.69, 9.17) is 0 Å². The molecule has 0 saturated carbocycles. The molecule has 0 bridgehead atoms. The molecule has 1 aliphatic rings. The van der Waals surface area contributed by atoms with Crippen molar-refractivity contribution in [1.29, 1.82) is 0 Å². The third kappa shape index (κ3) is 2.16. The summed E-state index contributed by atoms with van der Waals surface area (Å²) in [6, 6.07) is 11.3. The molecule has 3 rings (SSSR count). The molecule has 6 nitrogen and oxygen atoms in total. The number of hydrogen-bond acceptors (Lipinski definition) is 3. The van der Waals surface area contributed by atoms with Gasteiger partial charge in [0.05, 0.1) is 5.69 Å². The molecule has 0 radical (unpaired) electrons. The standard InChI is InChI=1S/C14H14N4O2/c1-17-11(10-5-3-2-4-6-10)9-12(16-17)18-8-7-13(19)15-14(18)20/h2-6,9H,7-8H2,1H3,(H,15,19,20). The number of carbonyl (C=O) groups excluding carboxylic acids is 2. The molecular formula is C14H14N4O2. The number of benzene rings is 1. The molecule has 1 fully saturated rings. The van der Waals surface area contributed by atoms with E-state index in [-0.39, 0.29) is 5.91 Å². The van der Waals surface area contributed by atoms with Crippen LogP contribution in [0.2, 0.25) is 0 Å². The maximum absolute atomic E-state index is 11.8. The monoisotopic (exact) mass is 270 g/mol. The SMILES string of the molecule is Cn1nc(N2CCC(=O)NC2=O)cc1-c1ccccc1. The van der Waals surface area contributed by atoms with E-state index in [0.29, 0.717) is 18.8 Å². The average molecular weight is 270 g/mol. The lowest BCUT2D eigenvalue weighted by Crippen LogP contribution is -2.49. The van der Waals surface area contributed by atoms with Crippen LogP contribution in [-0.4, -0.2) is 28.3 Å². The van der Waals surface area contributed by atoms with Crippen molar-refractivity contribution in [3.05, 3.63) is 36.4 Å². The number of nitrogens with one attached hydrogen (secondary N) is 1. The molecule has 1 saturated heterocycles. The van der Waals surface area contributed by atoms with Gasteiger partial charge in [-0.05, 0) is 5.56 Å². The first-order chi connectivity index (χ1) is 9.65. The molecule has 3 amide bonds. The minimum absolute atomic E-state index is 0.245. The Bertz CT molecular complexity index is 663. The zero-order chi connectivity index (χ0) is 14.1. The Morgan fingerprint density at radius 2 is 1.95 bits per heavy atom. The second-order valence-corrected chi connectivity index (χ2v) is 4.63. The Labute approximate surface area is 116 Å². The number of hydrogen-bond donors (Lipinski definition) is 1. The average Bonchev–Trinajstić information content (AvgIpc) is 2.81. The third-order valence-corrected chi connectivity index (χ3v) is 3.27. The Kier molecular flexibility index (Phi) is 2.98. The Morgan fingerprint density at radius 3 is 2.65 bits per heavy atom. The molecule has 0 unspecified atom stereocenters. The summed E-state index contributed by atoms with van der Waals surface area (Å²) in [5.74, 6) is 0.307. The Hall–Kier alpha value is -2.63. The van der Waals surface area contributed by atoms with Crippen LogP contribution in [0.15, 0.2) is 36.4 Å². The molecule has 102 valence electrons. The number of amides is 3. The van der Waals surface area contributed by atoms with Crippen molar-refractivity contribution in [2.45, 2.75) is 6.42 Å². The van der Waals surface area contributed by atoms with Crippen molar-refractivity contribution >= 4 is 17.8 Å². The smallest absolute Gasteiger partial charge is 0.278 e. The summed E-state index contributed by atoms with van der Waals surface area (Å²) in [5.41, 5.74) is 1.95. The quantitative estimate of drug-likeness (QED) is 0.900. The Balaban J connectivity index is 1.93. The molecule has 1 aromatic carbocycles. The number of aryl methyl sites for hydroxylation is 1. The highest BCUT2D eigenvalue weighted by Gasteiger charge is 2.26. The fourth-order valence-corrected chi connectivity index (χ4v) is 2.25. The highest BCUT2D eigenvalue weighted by atomic mass is 16.2. The predicted octanol–water partition coefficient (Wildman–Crippen LogP) is 1.53. The number of carbonyl (C=O) groups is 2. The zero-order valence-corrected chi connectivity index (χ0v) is 11.0. The van der Waals surface area contributed by atoms with Gasteiger partial charge in [-0.3, -0.25) is 19.7 Å². The zero-order valence-electron chi connectivity index (χ0n) is 11.0. The largest absolute Gasteiger partial charge is 0.329 e. The van der Waals surface area contributed by atoms with Gasteiger partial charge in [-0.2, -0.15) is 5.10 Å². The number of rotatable bonds is 2. The topological polar surface area (TPSA) is 67.2 Å². The van der Waals surface area contributed by atoms with Crippen molar-refractivity contribution in [3.63, 3.8) is 0 Å². The summed E-state index contributed by atoms with van der Waals surface area (Å²) in [6.07, 6.45) is 0.295. The predicted molar refractivity (Wildman–Crippen MR) is 74.1 cm³/mol. The van der Waals surface area contributed by atoms with E-state index in [9.17, 15) is 9.59 Å². The van der Waals surface area contributed by atoms with Gasteiger partial charge in [-0.1, -0.05) is 30.3 Å². The van der Waals surface area contributed by atoms with Gasteiger partial charge >= 0.3 is 6.03 Å². The summed E-state index contributed by atoms with van der Waals surface area (Å²) >= 11 is 0. The molecule has 0 aliphatic carbocycles. The van der Waals surface area contributed by atoms with Crippen molar-refractivity contribution < 1.29 is 9.59 Å². The summed E-state index contributed by atoms with van der Waals surface area (Å²) in [7, 11) is 1.83. The Morgan fingerprint density at radius 1 is 1.20 bits per heavy atom. The number of imide groups is 1. The molecule has 6 heteroatoms. The molecule has 1 aliphatic heterocycles. The van der Waals surface area contributed by atoms with Crippen LogP contribution in [0.25, 0.3) is 11.3 Å². The first-order valence-corrected chi connectivity index (χ1v) is 6.36. The number of aromatic nitrogens is 2. The van der Waals surface area contributed by atoms with E-state index in [1.54, 1.807) is 4.68 Å². The minimum atomic E-state index is -0.418. The van der Waals surface area contributed by atoms with E-state index < -0.39 is 6.03 Å². The second-order valence-electron chi connectivity index (χ2n) is 4.63. The van der Waals surface area contributed by atoms with Crippen LogP contribution in [-0.2, 0) is 11.8 Å². The van der Waals surface area contributed by atoms with Crippen LogP contribution in [0.3, 0.4) is 0 Å². The van der Waals surface area contributed by atoms with Crippen LogP contribution in [0.5, 0.6) is 0 Å². The number of nitrogens with zero attached hydrogens (tertiary/aromatic N) is 3. The third-order valence-electron chi connectivity index (χ3n) is 3.27. The summed E-state index contributed by atoms with van der Waals surface area (Å²) in [6.45, 7) is 0.357. The molecular weight excluding hydrogens is 256 g/mol. The number of urea groups is 1. The lowest BCUT2D eigenvalue weighted by molar-refractivity contribution is -0.120. The van der Waals surface area contributed by atoms with E-state index in [1.165, 1.54) is 4.90 Å². The highest BCUT2D eigenvalue weighted by Crippen LogP contribution is 2.24. The maximum Gasteiger partial charge on any atom is 0.329 e. The number of anilines is 1. The summed E-state index contributed by atoms with van der Waals surface area (Å²) in [5, 5.41) is 6.65.